The van der Waals surface area contributed by atoms with Crippen molar-refractivity contribution in [2.45, 2.75) is 24.7 Å². The summed E-state index contributed by atoms with van der Waals surface area (Å²) in [6.07, 6.45) is -4.30. The molecule has 0 saturated carbocycles. The number of alkyl halides is 3. The minimum Gasteiger partial charge on any atom is -0.633 e. The third-order valence-corrected chi connectivity index (χ3v) is 6.34. The molecule has 0 radical (unpaired) electrons. The number of hydrogen-bond acceptors (Lipinski definition) is 4. The summed E-state index contributed by atoms with van der Waals surface area (Å²) in [6, 6.07) is 6.53. The maximum absolute atomic E-state index is 14.3. The van der Waals surface area contributed by atoms with Crippen LogP contribution in [0.25, 0.3) is 0 Å². The van der Waals surface area contributed by atoms with Crippen LogP contribution in [0.3, 0.4) is 0 Å². The molecule has 2 aliphatic rings. The number of nitriles is 1. The number of carboxylic acids is 1. The first-order chi connectivity index (χ1) is 15.1. The maximum atomic E-state index is 14.3. The molecule has 2 heterocycles. The molecule has 10 heteroatoms. The second kappa shape index (κ2) is 8.16. The van der Waals surface area contributed by atoms with E-state index in [4.69, 9.17) is 15.1 Å². The number of carboxylic acid groups (broad SMARTS) is 1. The topological polar surface area (TPSA) is 97.8 Å². The van der Waals surface area contributed by atoms with Gasteiger partial charge in [0.2, 0.25) is 0 Å². The second-order valence-electron chi connectivity index (χ2n) is 8.01. The largest absolute Gasteiger partial charge is 0.633 e. The highest BCUT2D eigenvalue weighted by atomic mass is 19.4. The molecule has 2 aromatic carbocycles. The van der Waals surface area contributed by atoms with Crippen LogP contribution in [0.5, 0.6) is 0 Å². The van der Waals surface area contributed by atoms with Crippen molar-refractivity contribution in [3.8, 4) is 6.07 Å². The smallest absolute Gasteiger partial charge is 0.417 e. The van der Waals surface area contributed by atoms with Crippen molar-refractivity contribution in [3.63, 3.8) is 0 Å². The van der Waals surface area contributed by atoms with Crippen LogP contribution >= 0.6 is 0 Å². The number of nitrogens with zero attached hydrogens (tertiary/aromatic N) is 1. The molecule has 2 aromatic rings. The van der Waals surface area contributed by atoms with Gasteiger partial charge in [-0.05, 0) is 30.7 Å². The predicted octanol–water partition coefficient (Wildman–Crippen LogP) is 3.25. The highest BCUT2D eigenvalue weighted by Gasteiger charge is 2.52. The van der Waals surface area contributed by atoms with E-state index in [-0.39, 0.29) is 23.2 Å². The Hall–Kier alpha value is -3.00. The van der Waals surface area contributed by atoms with Crippen LogP contribution < -0.4 is 5.06 Å². The molecule has 5 unspecified atom stereocenters. The Morgan fingerprint density at radius 3 is 2.44 bits per heavy atom. The summed E-state index contributed by atoms with van der Waals surface area (Å²) in [5.74, 6) is -3.13. The lowest BCUT2D eigenvalue weighted by Gasteiger charge is -2.32. The van der Waals surface area contributed by atoms with Gasteiger partial charge in [0.15, 0.2) is 0 Å². The Labute approximate surface area is 180 Å². The number of rotatable bonds is 3. The van der Waals surface area contributed by atoms with E-state index in [1.807, 2.05) is 0 Å². The third kappa shape index (κ3) is 3.72. The predicted molar refractivity (Wildman–Crippen MR) is 102 cm³/mol. The molecule has 2 N–H and O–H groups in total. The minimum atomic E-state index is -4.76. The molecule has 0 aromatic heterocycles. The first-order valence-corrected chi connectivity index (χ1v) is 9.89. The standard InChI is InChI=1S/C22H18F4N2O4/c23-18-8-12(3-4-15(18)21(29)30)19-14-5-6-32-10-16(14)20(28(19)31)11-1-2-13(9-27)17(7-11)22(24,25)26/h1-4,7-8,14,16,19-20,28H,5-6,10H2,(H,29,30). The number of quaternary nitrogens is 1. The molecular formula is C22H18F4N2O4. The lowest BCUT2D eigenvalue weighted by Crippen LogP contribution is -3.06. The number of hydrogen-bond donors (Lipinski definition) is 2. The zero-order chi connectivity index (χ0) is 23.2. The lowest BCUT2D eigenvalue weighted by molar-refractivity contribution is -0.902. The zero-order valence-corrected chi connectivity index (χ0v) is 16.5. The van der Waals surface area contributed by atoms with Gasteiger partial charge in [-0.3, -0.25) is 0 Å². The minimum absolute atomic E-state index is 0.131. The summed E-state index contributed by atoms with van der Waals surface area (Å²) in [5.41, 5.74) is -1.75. The van der Waals surface area contributed by atoms with Gasteiger partial charge in [-0.2, -0.15) is 18.4 Å². The SMILES string of the molecule is N#Cc1ccc(C2C3COCCC3C(c3ccc(C(=O)O)c(F)c3)[NH+]2[O-])cc1C(F)(F)F. The van der Waals surface area contributed by atoms with E-state index in [9.17, 15) is 27.6 Å². The maximum Gasteiger partial charge on any atom is 0.417 e. The summed E-state index contributed by atoms with van der Waals surface area (Å²) in [6.45, 7) is 0.517. The van der Waals surface area contributed by atoms with E-state index in [0.29, 0.717) is 18.6 Å². The van der Waals surface area contributed by atoms with E-state index < -0.39 is 52.7 Å². The molecule has 0 amide bonds. The summed E-state index contributed by atoms with van der Waals surface area (Å²) < 4.78 is 60.2. The molecule has 4 rings (SSSR count). The van der Waals surface area contributed by atoms with Crippen LogP contribution in [-0.2, 0) is 10.9 Å². The van der Waals surface area contributed by atoms with Gasteiger partial charge in [-0.25, -0.2) is 9.18 Å². The number of fused-ring (bicyclic) bond motifs is 1. The van der Waals surface area contributed by atoms with Crippen molar-refractivity contribution in [1.82, 2.24) is 0 Å². The Bertz CT molecular complexity index is 1100. The number of aromatic carboxylic acids is 1. The van der Waals surface area contributed by atoms with Crippen molar-refractivity contribution in [1.29, 1.82) is 5.26 Å². The molecule has 32 heavy (non-hydrogen) atoms. The van der Waals surface area contributed by atoms with Gasteiger partial charge in [-0.15, -0.1) is 0 Å². The average Bonchev–Trinajstić information content (AvgIpc) is 3.04. The molecule has 168 valence electrons. The number of nitrogens with one attached hydrogen (secondary N) is 1. The fraction of sp³-hybridized carbons (Fsp3) is 0.364. The molecule has 0 aliphatic carbocycles. The Kier molecular flexibility index (Phi) is 5.67. The highest BCUT2D eigenvalue weighted by Crippen LogP contribution is 2.45. The van der Waals surface area contributed by atoms with Crippen LogP contribution in [-0.4, -0.2) is 24.3 Å². The molecular weight excluding hydrogens is 432 g/mol. The van der Waals surface area contributed by atoms with Crippen molar-refractivity contribution in [2.75, 3.05) is 13.2 Å². The molecule has 0 spiro atoms. The fourth-order valence-electron chi connectivity index (χ4n) is 4.96. The van der Waals surface area contributed by atoms with E-state index >= 15 is 0 Å². The Balaban J connectivity index is 1.78. The average molecular weight is 450 g/mol. The van der Waals surface area contributed by atoms with E-state index in [0.717, 1.165) is 24.3 Å². The van der Waals surface area contributed by atoms with Crippen LogP contribution in [0.1, 0.15) is 51.1 Å². The Morgan fingerprint density at radius 2 is 1.81 bits per heavy atom. The number of ether oxygens (including phenoxy) is 1. The van der Waals surface area contributed by atoms with Crippen molar-refractivity contribution in [2.24, 2.45) is 11.8 Å². The molecule has 0 bridgehead atoms. The van der Waals surface area contributed by atoms with Gasteiger partial charge < -0.3 is 20.1 Å². The first kappa shape index (κ1) is 22.2. The van der Waals surface area contributed by atoms with Gasteiger partial charge in [0.05, 0.1) is 29.4 Å². The monoisotopic (exact) mass is 450 g/mol. The van der Waals surface area contributed by atoms with Gasteiger partial charge in [-0.1, -0.05) is 12.1 Å². The van der Waals surface area contributed by atoms with Crippen molar-refractivity contribution < 1.29 is 37.3 Å². The number of benzene rings is 2. The van der Waals surface area contributed by atoms with Gasteiger partial charge in [0.1, 0.15) is 17.9 Å². The summed E-state index contributed by atoms with van der Waals surface area (Å²) in [7, 11) is 0. The van der Waals surface area contributed by atoms with E-state index in [2.05, 4.69) is 0 Å². The summed E-state index contributed by atoms with van der Waals surface area (Å²) in [5, 5.41) is 31.2. The molecule has 2 saturated heterocycles. The van der Waals surface area contributed by atoms with Gasteiger partial charge in [0, 0.05) is 29.6 Å². The first-order valence-electron chi connectivity index (χ1n) is 9.89. The highest BCUT2D eigenvalue weighted by molar-refractivity contribution is 5.87. The molecule has 6 nitrogen and oxygen atoms in total. The number of hydroxylamine groups is 2. The van der Waals surface area contributed by atoms with Gasteiger partial charge in [0.25, 0.3) is 0 Å². The summed E-state index contributed by atoms with van der Waals surface area (Å²) in [4.78, 5) is 11.1. The van der Waals surface area contributed by atoms with Crippen LogP contribution in [0.4, 0.5) is 17.6 Å². The van der Waals surface area contributed by atoms with Crippen molar-refractivity contribution >= 4 is 5.97 Å². The summed E-state index contributed by atoms with van der Waals surface area (Å²) >= 11 is 0. The normalized spacial score (nSPS) is 27.6. The number of halogens is 4. The number of carbonyl (C=O) groups is 1. The van der Waals surface area contributed by atoms with Gasteiger partial charge >= 0.3 is 12.1 Å². The Morgan fingerprint density at radius 1 is 1.16 bits per heavy atom. The van der Waals surface area contributed by atoms with Crippen molar-refractivity contribution in [3.05, 3.63) is 75.2 Å². The lowest BCUT2D eigenvalue weighted by atomic mass is 9.80. The van der Waals surface area contributed by atoms with Crippen LogP contribution in [0.15, 0.2) is 36.4 Å². The van der Waals surface area contributed by atoms with Crippen LogP contribution in [0.2, 0.25) is 0 Å². The molecule has 2 aliphatic heterocycles. The fourth-order valence-corrected chi connectivity index (χ4v) is 4.96. The van der Waals surface area contributed by atoms with E-state index in [1.165, 1.54) is 18.2 Å². The molecule has 2 fully saturated rings. The molecule has 5 atom stereocenters. The quantitative estimate of drug-likeness (QED) is 0.553. The van der Waals surface area contributed by atoms with E-state index in [1.54, 1.807) is 0 Å². The second-order valence-corrected chi connectivity index (χ2v) is 8.01. The zero-order valence-electron chi connectivity index (χ0n) is 16.5. The van der Waals surface area contributed by atoms with Crippen LogP contribution in [0, 0.1) is 34.2 Å². The third-order valence-electron chi connectivity index (χ3n) is 6.34.